The Morgan fingerprint density at radius 2 is 2.03 bits per heavy atom. The van der Waals surface area contributed by atoms with Crippen molar-refractivity contribution in [2.24, 2.45) is 18.7 Å². The molecule has 188 valence electrons. The quantitative estimate of drug-likeness (QED) is 0.436. The fourth-order valence-corrected chi connectivity index (χ4v) is 5.21. The first-order chi connectivity index (χ1) is 17.4. The van der Waals surface area contributed by atoms with Crippen LogP contribution in [0.4, 0.5) is 4.39 Å². The number of aromatic nitrogens is 4. The summed E-state index contributed by atoms with van der Waals surface area (Å²) in [6, 6.07) is 11.4. The van der Waals surface area contributed by atoms with E-state index in [1.165, 1.54) is 19.8 Å². The molecule has 2 N–H and O–H groups in total. The maximum absolute atomic E-state index is 13.5. The number of likely N-dealkylation sites (tertiary alicyclic amines) is 1. The Morgan fingerprint density at radius 1 is 1.19 bits per heavy atom. The van der Waals surface area contributed by atoms with Gasteiger partial charge < -0.3 is 24.5 Å². The Hall–Kier alpha value is -3.46. The lowest BCUT2D eigenvalue weighted by atomic mass is 10.1. The summed E-state index contributed by atoms with van der Waals surface area (Å²) in [6.07, 6.45) is 2.82. The standard InChI is InChI=1S/C27H31FN6O2/c1-16(28)36-24-10-8-18-13-23(34(25(18)31-24)14-17-5-6-17)26-30-21-12-19(7-9-22(21)32(26)2)27(35)33-11-3-4-20(29)15-33/h7-10,12-13,16-17,20H,3-6,11,14-15,29H2,1-2H3/t16?,20-/m1/s1. The molecule has 3 aromatic heterocycles. The highest BCUT2D eigenvalue weighted by Gasteiger charge is 2.27. The van der Waals surface area contributed by atoms with E-state index in [1.54, 1.807) is 6.07 Å². The third kappa shape index (κ3) is 4.21. The number of nitrogens with two attached hydrogens (primary N) is 1. The van der Waals surface area contributed by atoms with Gasteiger partial charge in [-0.2, -0.15) is 4.98 Å². The van der Waals surface area contributed by atoms with Crippen LogP contribution in [0.25, 0.3) is 33.6 Å². The lowest BCUT2D eigenvalue weighted by molar-refractivity contribution is 0.0708. The van der Waals surface area contributed by atoms with Crippen molar-refractivity contribution in [2.75, 3.05) is 13.1 Å². The van der Waals surface area contributed by atoms with Crippen LogP contribution in [0.15, 0.2) is 36.4 Å². The summed E-state index contributed by atoms with van der Waals surface area (Å²) in [4.78, 5) is 24.6. The number of hydrogen-bond donors (Lipinski definition) is 1. The predicted octanol–water partition coefficient (Wildman–Crippen LogP) is 4.26. The molecule has 0 radical (unpaired) electrons. The fraction of sp³-hybridized carbons (Fsp3) is 0.444. The Labute approximate surface area is 208 Å². The maximum atomic E-state index is 13.5. The van der Waals surface area contributed by atoms with Crippen LogP contribution < -0.4 is 10.5 Å². The normalized spacial score (nSPS) is 19.2. The minimum atomic E-state index is -1.43. The molecule has 1 saturated carbocycles. The van der Waals surface area contributed by atoms with Crippen molar-refractivity contribution in [2.45, 2.75) is 51.6 Å². The second kappa shape index (κ2) is 8.89. The lowest BCUT2D eigenvalue weighted by Crippen LogP contribution is -2.45. The number of carbonyl (C=O) groups excluding carboxylic acids is 1. The van der Waals surface area contributed by atoms with E-state index in [0.29, 0.717) is 18.0 Å². The van der Waals surface area contributed by atoms with Crippen molar-refractivity contribution in [3.63, 3.8) is 0 Å². The number of carbonyl (C=O) groups is 1. The molecule has 2 fully saturated rings. The van der Waals surface area contributed by atoms with Crippen LogP contribution in [-0.4, -0.2) is 55.4 Å². The van der Waals surface area contributed by atoms with Crippen LogP contribution in [0.5, 0.6) is 5.88 Å². The van der Waals surface area contributed by atoms with E-state index >= 15 is 0 Å². The molecule has 2 atom stereocenters. The first kappa shape index (κ1) is 23.0. The van der Waals surface area contributed by atoms with Crippen LogP contribution in [-0.2, 0) is 13.6 Å². The molecular weight excluding hydrogens is 459 g/mol. The Balaban J connectivity index is 1.41. The van der Waals surface area contributed by atoms with Crippen molar-refractivity contribution in [1.29, 1.82) is 0 Å². The molecule has 4 aromatic rings. The van der Waals surface area contributed by atoms with Crippen LogP contribution in [0.2, 0.25) is 0 Å². The van der Waals surface area contributed by atoms with Crippen LogP contribution >= 0.6 is 0 Å². The van der Waals surface area contributed by atoms with Crippen molar-refractivity contribution < 1.29 is 13.9 Å². The number of pyridine rings is 1. The molecule has 2 aliphatic rings. The second-order valence-corrected chi connectivity index (χ2v) is 10.2. The van der Waals surface area contributed by atoms with E-state index in [0.717, 1.165) is 59.5 Å². The minimum absolute atomic E-state index is 0.000853. The van der Waals surface area contributed by atoms with Crippen molar-refractivity contribution in [3.8, 4) is 17.4 Å². The van der Waals surface area contributed by atoms with E-state index in [-0.39, 0.29) is 17.8 Å². The average molecular weight is 491 g/mol. The maximum Gasteiger partial charge on any atom is 0.253 e. The number of ether oxygens (including phenoxy) is 1. The monoisotopic (exact) mass is 490 g/mol. The number of hydrogen-bond acceptors (Lipinski definition) is 5. The van der Waals surface area contributed by atoms with Gasteiger partial charge in [0.25, 0.3) is 5.91 Å². The smallest absolute Gasteiger partial charge is 0.253 e. The first-order valence-electron chi connectivity index (χ1n) is 12.7. The molecule has 1 saturated heterocycles. The molecule has 8 nitrogen and oxygen atoms in total. The third-order valence-electron chi connectivity index (χ3n) is 7.24. The molecule has 0 spiro atoms. The number of piperidine rings is 1. The van der Waals surface area contributed by atoms with E-state index in [9.17, 15) is 9.18 Å². The molecule has 6 rings (SSSR count). The summed E-state index contributed by atoms with van der Waals surface area (Å²) >= 11 is 0. The largest absolute Gasteiger partial charge is 0.444 e. The average Bonchev–Trinajstić information content (AvgIpc) is 3.53. The summed E-state index contributed by atoms with van der Waals surface area (Å²) in [5.41, 5.74) is 10.1. The van der Waals surface area contributed by atoms with Gasteiger partial charge in [-0.3, -0.25) is 4.79 Å². The molecule has 4 heterocycles. The highest BCUT2D eigenvalue weighted by atomic mass is 19.1. The highest BCUT2D eigenvalue weighted by molar-refractivity contribution is 5.98. The second-order valence-electron chi connectivity index (χ2n) is 10.2. The van der Waals surface area contributed by atoms with Crippen LogP contribution in [0, 0.1) is 5.92 Å². The zero-order valence-corrected chi connectivity index (χ0v) is 20.7. The van der Waals surface area contributed by atoms with Crippen LogP contribution in [0.1, 0.15) is 43.0 Å². The number of aryl methyl sites for hydroxylation is 1. The number of nitrogens with zero attached hydrogens (tertiary/aromatic N) is 5. The summed E-state index contributed by atoms with van der Waals surface area (Å²) in [6.45, 7) is 3.49. The van der Waals surface area contributed by atoms with Gasteiger partial charge in [-0.05, 0) is 61.9 Å². The van der Waals surface area contributed by atoms with Crippen molar-refractivity contribution >= 4 is 28.0 Å². The van der Waals surface area contributed by atoms with E-state index in [4.69, 9.17) is 15.5 Å². The summed E-state index contributed by atoms with van der Waals surface area (Å²) < 4.78 is 22.9. The molecule has 9 heteroatoms. The number of fused-ring (bicyclic) bond motifs is 2. The molecule has 1 aromatic carbocycles. The number of amides is 1. The van der Waals surface area contributed by atoms with E-state index in [2.05, 4.69) is 20.2 Å². The third-order valence-corrected chi connectivity index (χ3v) is 7.24. The van der Waals surface area contributed by atoms with Crippen molar-refractivity contribution in [1.82, 2.24) is 24.0 Å². The van der Waals surface area contributed by atoms with Gasteiger partial charge in [-0.15, -0.1) is 0 Å². The first-order valence-corrected chi connectivity index (χ1v) is 12.7. The number of alkyl halides is 1. The van der Waals surface area contributed by atoms with Gasteiger partial charge in [-0.25, -0.2) is 9.37 Å². The zero-order chi connectivity index (χ0) is 25.0. The van der Waals surface area contributed by atoms with E-state index < -0.39 is 6.36 Å². The van der Waals surface area contributed by atoms with Gasteiger partial charge in [-0.1, -0.05) is 0 Å². The molecule has 1 aliphatic heterocycles. The molecule has 1 amide bonds. The van der Waals surface area contributed by atoms with Gasteiger partial charge in [0.15, 0.2) is 5.82 Å². The van der Waals surface area contributed by atoms with Gasteiger partial charge in [0.1, 0.15) is 5.65 Å². The van der Waals surface area contributed by atoms with Gasteiger partial charge in [0.05, 0.1) is 16.7 Å². The topological polar surface area (TPSA) is 91.2 Å². The van der Waals surface area contributed by atoms with Crippen molar-refractivity contribution in [3.05, 3.63) is 42.0 Å². The Bertz CT molecular complexity index is 1450. The van der Waals surface area contributed by atoms with E-state index in [1.807, 2.05) is 36.2 Å². The van der Waals surface area contributed by atoms with Gasteiger partial charge in [0, 0.05) is 56.7 Å². The summed E-state index contributed by atoms with van der Waals surface area (Å²) in [5.74, 6) is 1.67. The summed E-state index contributed by atoms with van der Waals surface area (Å²) in [7, 11) is 1.99. The Kier molecular flexibility index (Phi) is 5.67. The Morgan fingerprint density at radius 3 is 2.78 bits per heavy atom. The number of rotatable bonds is 6. The summed E-state index contributed by atoms with van der Waals surface area (Å²) in [5, 5.41) is 0.953. The zero-order valence-electron chi connectivity index (χ0n) is 20.7. The lowest BCUT2D eigenvalue weighted by Gasteiger charge is -2.30. The molecule has 1 unspecified atom stereocenters. The predicted molar refractivity (Wildman–Crippen MR) is 136 cm³/mol. The molecule has 1 aliphatic carbocycles. The highest BCUT2D eigenvalue weighted by Crippen LogP contribution is 2.36. The molecular formula is C27H31FN6O2. The number of halogens is 1. The van der Waals surface area contributed by atoms with Gasteiger partial charge >= 0.3 is 0 Å². The number of imidazole rings is 1. The molecule has 0 bridgehead atoms. The minimum Gasteiger partial charge on any atom is -0.444 e. The van der Waals surface area contributed by atoms with Crippen LogP contribution in [0.3, 0.4) is 0 Å². The fourth-order valence-electron chi connectivity index (χ4n) is 5.21. The SMILES string of the molecule is CC(F)Oc1ccc2cc(-c3nc4cc(C(=O)N5CCC[C@@H](N)C5)ccc4n3C)n(CC3CC3)c2n1. The molecule has 36 heavy (non-hydrogen) atoms. The van der Waals surface area contributed by atoms with Gasteiger partial charge in [0.2, 0.25) is 12.2 Å². The number of benzene rings is 1.